The standard InChI is InChI=1S/C23H21ClN4O2/c1-30-15-3-5-21(29)17-9-13-19(14-10-17)25-23-26-22-6-2-4-20(28(22)27-23)16-7-11-18(24)12-8-16/h2,4,6-14H,3,5,15H2,1H3,(H,25,27). The second kappa shape index (κ2) is 9.07. The lowest BCUT2D eigenvalue weighted by Crippen LogP contribution is -2.01. The zero-order valence-electron chi connectivity index (χ0n) is 16.5. The van der Waals surface area contributed by atoms with Gasteiger partial charge in [-0.3, -0.25) is 4.79 Å². The number of carbonyl (C=O) groups is 1. The van der Waals surface area contributed by atoms with Crippen molar-refractivity contribution < 1.29 is 9.53 Å². The van der Waals surface area contributed by atoms with Crippen LogP contribution in [0.3, 0.4) is 0 Å². The van der Waals surface area contributed by atoms with E-state index in [0.29, 0.717) is 29.6 Å². The van der Waals surface area contributed by atoms with Crippen LogP contribution >= 0.6 is 11.6 Å². The fraction of sp³-hybridized carbons (Fsp3) is 0.174. The molecule has 152 valence electrons. The molecule has 2 aromatic carbocycles. The van der Waals surface area contributed by atoms with Crippen molar-refractivity contribution in [1.82, 2.24) is 14.6 Å². The van der Waals surface area contributed by atoms with Crippen molar-refractivity contribution in [3.8, 4) is 11.3 Å². The van der Waals surface area contributed by atoms with Crippen LogP contribution in [0.25, 0.3) is 16.9 Å². The van der Waals surface area contributed by atoms with Gasteiger partial charge in [0.25, 0.3) is 0 Å². The van der Waals surface area contributed by atoms with Gasteiger partial charge in [0.15, 0.2) is 11.4 Å². The first-order valence-electron chi connectivity index (χ1n) is 9.65. The second-order valence-electron chi connectivity index (χ2n) is 6.85. The normalized spacial score (nSPS) is 11.0. The number of carbonyl (C=O) groups excluding carboxylic acids is 1. The van der Waals surface area contributed by atoms with Gasteiger partial charge in [-0.15, -0.1) is 5.10 Å². The number of pyridine rings is 1. The van der Waals surface area contributed by atoms with E-state index in [1.807, 2.05) is 66.7 Å². The van der Waals surface area contributed by atoms with Gasteiger partial charge in [-0.25, -0.2) is 4.52 Å². The number of benzene rings is 2. The summed E-state index contributed by atoms with van der Waals surface area (Å²) < 4.78 is 6.79. The molecule has 0 bridgehead atoms. The topological polar surface area (TPSA) is 68.5 Å². The molecule has 2 heterocycles. The van der Waals surface area contributed by atoms with Crippen LogP contribution in [0, 0.1) is 0 Å². The van der Waals surface area contributed by atoms with Crippen LogP contribution < -0.4 is 5.32 Å². The molecular weight excluding hydrogens is 400 g/mol. The predicted molar refractivity (Wildman–Crippen MR) is 119 cm³/mol. The summed E-state index contributed by atoms with van der Waals surface area (Å²) in [5.74, 6) is 0.590. The van der Waals surface area contributed by atoms with E-state index in [4.69, 9.17) is 16.3 Å². The van der Waals surface area contributed by atoms with E-state index in [1.165, 1.54) is 0 Å². The number of hydrogen-bond donors (Lipinski definition) is 1. The average Bonchev–Trinajstić information content (AvgIpc) is 3.17. The molecule has 0 fully saturated rings. The minimum absolute atomic E-state index is 0.108. The summed E-state index contributed by atoms with van der Waals surface area (Å²) >= 11 is 6.00. The molecule has 0 spiro atoms. The zero-order chi connectivity index (χ0) is 20.9. The van der Waals surface area contributed by atoms with Gasteiger partial charge in [0.1, 0.15) is 0 Å². The number of methoxy groups -OCH3 is 1. The second-order valence-corrected chi connectivity index (χ2v) is 7.28. The van der Waals surface area contributed by atoms with Crippen LogP contribution in [0.15, 0.2) is 66.7 Å². The Morgan fingerprint density at radius 3 is 2.57 bits per heavy atom. The molecule has 0 amide bonds. The molecule has 7 heteroatoms. The maximum atomic E-state index is 12.2. The van der Waals surface area contributed by atoms with Gasteiger partial charge < -0.3 is 10.1 Å². The Kier molecular flexibility index (Phi) is 6.07. The van der Waals surface area contributed by atoms with Gasteiger partial charge in [-0.1, -0.05) is 29.8 Å². The summed E-state index contributed by atoms with van der Waals surface area (Å²) in [7, 11) is 1.64. The van der Waals surface area contributed by atoms with Crippen molar-refractivity contribution in [3.63, 3.8) is 0 Å². The molecule has 30 heavy (non-hydrogen) atoms. The number of nitrogens with one attached hydrogen (secondary N) is 1. The number of anilines is 2. The third-order valence-electron chi connectivity index (χ3n) is 4.72. The first-order chi connectivity index (χ1) is 14.6. The number of nitrogens with zero attached hydrogens (tertiary/aromatic N) is 3. The van der Waals surface area contributed by atoms with E-state index in [9.17, 15) is 4.79 Å². The summed E-state index contributed by atoms with van der Waals surface area (Å²) in [6, 6.07) is 20.8. The fourth-order valence-electron chi connectivity index (χ4n) is 3.19. The highest BCUT2D eigenvalue weighted by atomic mass is 35.5. The van der Waals surface area contributed by atoms with Crippen LogP contribution in [-0.2, 0) is 4.74 Å². The quantitative estimate of drug-likeness (QED) is 0.305. The van der Waals surface area contributed by atoms with E-state index in [-0.39, 0.29) is 5.78 Å². The Morgan fingerprint density at radius 2 is 1.83 bits per heavy atom. The summed E-state index contributed by atoms with van der Waals surface area (Å²) in [6.07, 6.45) is 1.19. The Hall–Kier alpha value is -3.22. The molecule has 0 unspecified atom stereocenters. The molecule has 0 atom stereocenters. The molecule has 0 aliphatic carbocycles. The van der Waals surface area contributed by atoms with E-state index in [1.54, 1.807) is 11.6 Å². The summed E-state index contributed by atoms with van der Waals surface area (Å²) in [5.41, 5.74) is 4.14. The van der Waals surface area contributed by atoms with Crippen LogP contribution in [0.5, 0.6) is 0 Å². The van der Waals surface area contributed by atoms with Gasteiger partial charge in [0.2, 0.25) is 5.95 Å². The average molecular weight is 421 g/mol. The summed E-state index contributed by atoms with van der Waals surface area (Å²) in [4.78, 5) is 16.7. The number of rotatable bonds is 8. The number of fused-ring (bicyclic) bond motifs is 1. The molecule has 0 saturated carbocycles. The highest BCUT2D eigenvalue weighted by Crippen LogP contribution is 2.23. The van der Waals surface area contributed by atoms with E-state index in [2.05, 4.69) is 15.4 Å². The molecule has 1 N–H and O–H groups in total. The Balaban J connectivity index is 1.52. The van der Waals surface area contributed by atoms with Crippen molar-refractivity contribution in [2.24, 2.45) is 0 Å². The Bertz CT molecular complexity index is 1150. The van der Waals surface area contributed by atoms with E-state index >= 15 is 0 Å². The minimum Gasteiger partial charge on any atom is -0.385 e. The monoisotopic (exact) mass is 420 g/mol. The van der Waals surface area contributed by atoms with Gasteiger partial charge in [0.05, 0.1) is 5.69 Å². The van der Waals surface area contributed by atoms with Gasteiger partial charge >= 0.3 is 0 Å². The number of hydrogen-bond acceptors (Lipinski definition) is 5. The van der Waals surface area contributed by atoms with Crippen molar-refractivity contribution in [1.29, 1.82) is 0 Å². The van der Waals surface area contributed by atoms with Crippen LogP contribution in [0.4, 0.5) is 11.6 Å². The highest BCUT2D eigenvalue weighted by Gasteiger charge is 2.10. The lowest BCUT2D eigenvalue weighted by atomic mass is 10.1. The third kappa shape index (κ3) is 4.50. The fourth-order valence-corrected chi connectivity index (χ4v) is 3.31. The van der Waals surface area contributed by atoms with Crippen molar-refractivity contribution >= 4 is 34.7 Å². The first kappa shape index (κ1) is 20.1. The number of halogens is 1. The van der Waals surface area contributed by atoms with Crippen molar-refractivity contribution in [3.05, 3.63) is 77.3 Å². The molecule has 4 rings (SSSR count). The van der Waals surface area contributed by atoms with Crippen LogP contribution in [-0.4, -0.2) is 34.1 Å². The molecule has 2 aromatic heterocycles. The predicted octanol–water partition coefficient (Wildman–Crippen LogP) is 5.40. The lowest BCUT2D eigenvalue weighted by molar-refractivity contribution is 0.0963. The number of ether oxygens (including phenoxy) is 1. The Labute approximate surface area is 179 Å². The largest absolute Gasteiger partial charge is 0.385 e. The third-order valence-corrected chi connectivity index (χ3v) is 4.97. The summed E-state index contributed by atoms with van der Waals surface area (Å²) in [6.45, 7) is 0.586. The van der Waals surface area contributed by atoms with Gasteiger partial charge in [-0.05, 0) is 55.0 Å². The minimum atomic E-state index is 0.108. The number of ketones is 1. The number of Topliss-reactive ketones (excluding diaryl/α,β-unsaturated/α-hetero) is 1. The molecule has 6 nitrogen and oxygen atoms in total. The lowest BCUT2D eigenvalue weighted by Gasteiger charge is -2.05. The smallest absolute Gasteiger partial charge is 0.247 e. The zero-order valence-corrected chi connectivity index (χ0v) is 17.3. The molecule has 4 aromatic rings. The van der Waals surface area contributed by atoms with E-state index in [0.717, 1.165) is 29.0 Å². The van der Waals surface area contributed by atoms with Gasteiger partial charge in [-0.2, -0.15) is 4.98 Å². The SMILES string of the molecule is COCCCC(=O)c1ccc(Nc2nc3cccc(-c4ccc(Cl)cc4)n3n2)cc1. The summed E-state index contributed by atoms with van der Waals surface area (Å²) in [5, 5.41) is 8.49. The maximum absolute atomic E-state index is 12.2. The number of aromatic nitrogens is 3. The maximum Gasteiger partial charge on any atom is 0.247 e. The molecule has 0 aliphatic heterocycles. The van der Waals surface area contributed by atoms with Crippen molar-refractivity contribution in [2.75, 3.05) is 19.0 Å². The first-order valence-corrected chi connectivity index (χ1v) is 10.0. The van der Waals surface area contributed by atoms with E-state index < -0.39 is 0 Å². The van der Waals surface area contributed by atoms with Crippen molar-refractivity contribution in [2.45, 2.75) is 12.8 Å². The van der Waals surface area contributed by atoms with Crippen LogP contribution in [0.1, 0.15) is 23.2 Å². The Morgan fingerprint density at radius 1 is 1.07 bits per heavy atom. The van der Waals surface area contributed by atoms with Crippen LogP contribution in [0.2, 0.25) is 5.02 Å². The van der Waals surface area contributed by atoms with Gasteiger partial charge in [0, 0.05) is 42.0 Å². The molecule has 0 saturated heterocycles. The molecular formula is C23H21ClN4O2. The highest BCUT2D eigenvalue weighted by molar-refractivity contribution is 6.30. The molecule has 0 radical (unpaired) electrons. The molecule has 0 aliphatic rings.